The van der Waals surface area contributed by atoms with Gasteiger partial charge in [0.05, 0.1) is 6.61 Å². The minimum Gasteiger partial charge on any atom is -0.393 e. The van der Waals surface area contributed by atoms with Crippen LogP contribution in [0.1, 0.15) is 6.42 Å². The van der Waals surface area contributed by atoms with Crippen molar-refractivity contribution in [3.05, 3.63) is 33.1 Å². The van der Waals surface area contributed by atoms with Crippen LogP contribution < -0.4 is 17.0 Å². The fourth-order valence-electron chi connectivity index (χ4n) is 2.38. The number of aromatic amines is 1. The minimum absolute atomic E-state index is 0.0223. The normalized spacial score (nSPS) is 33.5. The molecule has 8 nitrogen and oxygen atoms in total. The zero-order chi connectivity index (χ0) is 15.0. The summed E-state index contributed by atoms with van der Waals surface area (Å²) in [6, 6.07) is 0.956. The van der Waals surface area contributed by atoms with E-state index in [1.54, 1.807) is 0 Å². The van der Waals surface area contributed by atoms with E-state index in [0.717, 1.165) is 12.3 Å². The molecule has 1 saturated heterocycles. The first kappa shape index (κ1) is 14.9. The first-order valence-corrected chi connectivity index (χ1v) is 6.04. The van der Waals surface area contributed by atoms with Gasteiger partial charge in [-0.15, -0.1) is 0 Å². The van der Waals surface area contributed by atoms with Crippen molar-refractivity contribution >= 4 is 0 Å². The maximum Gasteiger partial charge on any atom is 0.331 e. The maximum atomic E-state index is 15.0. The summed E-state index contributed by atoms with van der Waals surface area (Å²) in [6.45, 7) is -1.22. The van der Waals surface area contributed by atoms with Crippen molar-refractivity contribution in [2.24, 2.45) is 5.73 Å². The Morgan fingerprint density at radius 1 is 1.60 bits per heavy atom. The molecule has 0 aromatic carbocycles. The molecule has 3 atom stereocenters. The van der Waals surface area contributed by atoms with Crippen LogP contribution >= 0.6 is 0 Å². The van der Waals surface area contributed by atoms with E-state index in [4.69, 9.17) is 10.5 Å². The molecule has 1 aliphatic rings. The number of aliphatic hydroxyl groups excluding tert-OH is 2. The third-order valence-corrected chi connectivity index (χ3v) is 3.54. The summed E-state index contributed by atoms with van der Waals surface area (Å²) < 4.78 is 20.7. The molecule has 0 amide bonds. The monoisotopic (exact) mass is 289 g/mol. The molecule has 0 radical (unpaired) electrons. The lowest BCUT2D eigenvalue weighted by Crippen LogP contribution is -2.54. The van der Waals surface area contributed by atoms with Crippen molar-refractivity contribution in [2.45, 2.75) is 23.9 Å². The summed E-state index contributed by atoms with van der Waals surface area (Å²) in [4.78, 5) is 24.5. The van der Waals surface area contributed by atoms with Crippen LogP contribution in [0.4, 0.5) is 4.39 Å². The lowest BCUT2D eigenvalue weighted by atomic mass is 9.90. The van der Waals surface area contributed by atoms with Crippen LogP contribution in [0.2, 0.25) is 0 Å². The van der Waals surface area contributed by atoms with Gasteiger partial charge in [-0.1, -0.05) is 0 Å². The Morgan fingerprint density at radius 3 is 2.85 bits per heavy atom. The number of ether oxygens (including phenoxy) is 1. The molecule has 2 rings (SSSR count). The van der Waals surface area contributed by atoms with Crippen LogP contribution in [0.5, 0.6) is 0 Å². The number of nitrogens with two attached hydrogens (primary N) is 1. The third-order valence-electron chi connectivity index (χ3n) is 3.54. The molecule has 1 aromatic heterocycles. The van der Waals surface area contributed by atoms with Gasteiger partial charge in [-0.2, -0.15) is 0 Å². The second-order valence-electron chi connectivity index (χ2n) is 4.75. The fourth-order valence-corrected chi connectivity index (χ4v) is 2.38. The Balaban J connectivity index is 2.46. The van der Waals surface area contributed by atoms with Gasteiger partial charge < -0.3 is 20.7 Å². The van der Waals surface area contributed by atoms with E-state index in [0.29, 0.717) is 4.57 Å². The Morgan fingerprint density at radius 2 is 2.30 bits per heavy atom. The van der Waals surface area contributed by atoms with E-state index < -0.39 is 42.0 Å². The number of rotatable bonds is 4. The lowest BCUT2D eigenvalue weighted by molar-refractivity contribution is -0.110. The Labute approximate surface area is 112 Å². The maximum absolute atomic E-state index is 15.0. The van der Waals surface area contributed by atoms with Crippen LogP contribution in [0.25, 0.3) is 0 Å². The molecule has 0 aliphatic carbocycles. The predicted molar refractivity (Wildman–Crippen MR) is 65.9 cm³/mol. The van der Waals surface area contributed by atoms with Crippen molar-refractivity contribution in [1.82, 2.24) is 9.55 Å². The second kappa shape index (κ2) is 5.09. The molecule has 1 aliphatic heterocycles. The summed E-state index contributed by atoms with van der Waals surface area (Å²) in [5, 5.41) is 19.5. The second-order valence-corrected chi connectivity index (χ2v) is 4.75. The molecule has 2 heterocycles. The van der Waals surface area contributed by atoms with Crippen LogP contribution in [0.3, 0.4) is 0 Å². The smallest absolute Gasteiger partial charge is 0.331 e. The highest BCUT2D eigenvalue weighted by Gasteiger charge is 2.60. The van der Waals surface area contributed by atoms with Crippen molar-refractivity contribution in [3.63, 3.8) is 0 Å². The van der Waals surface area contributed by atoms with Gasteiger partial charge in [-0.25, -0.2) is 9.18 Å². The number of aromatic nitrogens is 2. The number of aliphatic hydroxyl groups is 2. The molecule has 5 N–H and O–H groups in total. The topological polar surface area (TPSA) is 131 Å². The summed E-state index contributed by atoms with van der Waals surface area (Å²) in [7, 11) is 0. The molecule has 1 unspecified atom stereocenters. The van der Waals surface area contributed by atoms with Gasteiger partial charge in [-0.05, 0) is 13.0 Å². The average molecular weight is 289 g/mol. The molecule has 112 valence electrons. The van der Waals surface area contributed by atoms with Crippen molar-refractivity contribution < 1.29 is 19.3 Å². The molecule has 20 heavy (non-hydrogen) atoms. The highest BCUT2D eigenvalue weighted by molar-refractivity contribution is 5.05. The zero-order valence-corrected chi connectivity index (χ0v) is 10.6. The van der Waals surface area contributed by atoms with Gasteiger partial charge in [0.25, 0.3) is 5.56 Å². The van der Waals surface area contributed by atoms with Crippen LogP contribution in [-0.2, 0) is 10.5 Å². The van der Waals surface area contributed by atoms with E-state index in [1.807, 2.05) is 4.98 Å². The highest BCUT2D eigenvalue weighted by atomic mass is 19.1. The van der Waals surface area contributed by atoms with Gasteiger partial charge in [-0.3, -0.25) is 14.3 Å². The third kappa shape index (κ3) is 2.08. The Hall–Kier alpha value is -1.55. The van der Waals surface area contributed by atoms with Gasteiger partial charge in [0.2, 0.25) is 5.79 Å². The molecular formula is C11H16FN3O5. The number of hydrogen-bond donors (Lipinski definition) is 4. The van der Waals surface area contributed by atoms with Gasteiger partial charge in [0.1, 0.15) is 18.3 Å². The molecular weight excluding hydrogens is 273 g/mol. The largest absolute Gasteiger partial charge is 0.393 e. The first-order chi connectivity index (χ1) is 9.39. The number of H-pyrrole nitrogens is 1. The fraction of sp³-hybridized carbons (Fsp3) is 0.636. The number of halogens is 1. The summed E-state index contributed by atoms with van der Waals surface area (Å²) in [5.41, 5.74) is 2.11. The lowest BCUT2D eigenvalue weighted by Gasteiger charge is -2.32. The molecule has 0 spiro atoms. The van der Waals surface area contributed by atoms with Crippen molar-refractivity contribution in [2.75, 3.05) is 19.8 Å². The van der Waals surface area contributed by atoms with E-state index >= 15 is 0 Å². The van der Waals surface area contributed by atoms with E-state index in [2.05, 4.69) is 0 Å². The molecule has 1 aromatic rings. The summed E-state index contributed by atoms with van der Waals surface area (Å²) in [6.07, 6.45) is -0.842. The summed E-state index contributed by atoms with van der Waals surface area (Å²) in [5.74, 6) is -2.58. The first-order valence-electron chi connectivity index (χ1n) is 6.04. The van der Waals surface area contributed by atoms with Crippen LogP contribution in [-0.4, -0.2) is 51.2 Å². The SMILES string of the molecule is NCC[C@]1(CO)OCC(F)(n2ccc(=O)[nH]c2=O)[C@@H]1O. The minimum atomic E-state index is -2.58. The van der Waals surface area contributed by atoms with Crippen LogP contribution in [0.15, 0.2) is 21.9 Å². The highest BCUT2D eigenvalue weighted by Crippen LogP contribution is 2.40. The quantitative estimate of drug-likeness (QED) is 0.490. The number of nitrogens with zero attached hydrogens (tertiary/aromatic N) is 1. The van der Waals surface area contributed by atoms with Crippen molar-refractivity contribution in [3.8, 4) is 0 Å². The number of hydrogen-bond acceptors (Lipinski definition) is 6. The van der Waals surface area contributed by atoms with Gasteiger partial charge in [0.15, 0.2) is 0 Å². The molecule has 0 saturated carbocycles. The molecule has 1 fully saturated rings. The van der Waals surface area contributed by atoms with Gasteiger partial charge >= 0.3 is 5.69 Å². The average Bonchev–Trinajstić information content (AvgIpc) is 2.66. The molecule has 0 bridgehead atoms. The van der Waals surface area contributed by atoms with E-state index in [-0.39, 0.29) is 13.0 Å². The van der Waals surface area contributed by atoms with Crippen LogP contribution in [0, 0.1) is 0 Å². The standard InChI is InChI=1S/C11H16FN3O5/c12-11(15-4-1-7(17)14-9(15)19)6-20-10(5-16,2-3-13)8(11)18/h1,4,8,16,18H,2-3,5-6,13H2,(H,14,17,19)/t8-,10-,11?/m1/s1. The molecule has 9 heteroatoms. The predicted octanol–water partition coefficient (Wildman–Crippen LogP) is -2.37. The Bertz CT molecular complexity index is 602. The van der Waals surface area contributed by atoms with E-state index in [9.17, 15) is 24.2 Å². The Kier molecular flexibility index (Phi) is 3.78. The number of nitrogens with one attached hydrogen (secondary N) is 1. The summed E-state index contributed by atoms with van der Waals surface area (Å²) >= 11 is 0. The van der Waals surface area contributed by atoms with Gasteiger partial charge in [0, 0.05) is 12.3 Å². The van der Waals surface area contributed by atoms with E-state index in [1.165, 1.54) is 0 Å². The number of alkyl halides is 1. The zero-order valence-electron chi connectivity index (χ0n) is 10.6. The van der Waals surface area contributed by atoms with Crippen molar-refractivity contribution in [1.29, 1.82) is 0 Å².